The Kier molecular flexibility index (Phi) is 43.8. The first-order valence-corrected chi connectivity index (χ1v) is 29.5. The molecule has 7 heterocycles. The number of aliphatic hydroxyl groups excluding tert-OH is 1. The molecule has 0 bridgehead atoms. The molecule has 6 aromatic heterocycles. The van der Waals surface area contributed by atoms with Crippen LogP contribution in [0.3, 0.4) is 0 Å². The number of hydrogen-bond acceptors (Lipinski definition) is 17. The summed E-state index contributed by atoms with van der Waals surface area (Å²) in [5.41, 5.74) is 2.90. The molecule has 0 saturated carbocycles. The fourth-order valence-corrected chi connectivity index (χ4v) is 7.14. The van der Waals surface area contributed by atoms with E-state index in [4.69, 9.17) is 34.6 Å². The number of ether oxygens (including phenoxy) is 4. The summed E-state index contributed by atoms with van der Waals surface area (Å²) in [5, 5.41) is 33.7. The number of aromatic carboxylic acids is 3. The van der Waals surface area contributed by atoms with Crippen LogP contribution in [0.15, 0.2) is 207 Å². The van der Waals surface area contributed by atoms with Crippen molar-refractivity contribution in [1.29, 1.82) is 0 Å². The molecule has 556 valence electrons. The van der Waals surface area contributed by atoms with Gasteiger partial charge in [-0.3, -0.25) is 35.1 Å². The number of pyridine rings is 6. The van der Waals surface area contributed by atoms with Crippen molar-refractivity contribution in [3.63, 3.8) is 0 Å². The van der Waals surface area contributed by atoms with Crippen molar-refractivity contribution in [3.8, 4) is 45.0 Å². The number of nitrogens with zero attached hydrogens (tertiary/aromatic N) is 6. The summed E-state index contributed by atoms with van der Waals surface area (Å²) in [5.74, 6) is -10.3. The Hall–Kier alpha value is -11.3. The molecule has 1 aliphatic heterocycles. The first-order valence-electron chi connectivity index (χ1n) is 29.5. The molecule has 20 nitrogen and oxygen atoms in total. The van der Waals surface area contributed by atoms with E-state index < -0.39 is 82.4 Å². The predicted molar refractivity (Wildman–Crippen MR) is 359 cm³/mol. The average Bonchev–Trinajstić information content (AvgIpc) is 1.07. The monoisotopic (exact) mass is 1810 g/mol. The van der Waals surface area contributed by atoms with Crippen LogP contribution in [0.2, 0.25) is 0 Å². The van der Waals surface area contributed by atoms with Crippen molar-refractivity contribution in [3.05, 3.63) is 300 Å². The van der Waals surface area contributed by atoms with Gasteiger partial charge in [-0.2, -0.15) is 0 Å². The molecular formula is C75H64F8Ir2N6O14-4. The van der Waals surface area contributed by atoms with E-state index in [9.17, 15) is 63.9 Å². The van der Waals surface area contributed by atoms with E-state index in [0.29, 0.717) is 28.3 Å². The maximum absolute atomic E-state index is 13.2. The smallest absolute Gasteiger partial charge is 0.354 e. The van der Waals surface area contributed by atoms with Gasteiger partial charge in [-0.05, 0) is 98.0 Å². The van der Waals surface area contributed by atoms with Crippen LogP contribution in [0.1, 0.15) is 75.8 Å². The Labute approximate surface area is 624 Å². The first kappa shape index (κ1) is 91.7. The summed E-state index contributed by atoms with van der Waals surface area (Å²) >= 11 is 0. The van der Waals surface area contributed by atoms with Crippen molar-refractivity contribution in [2.45, 2.75) is 34.1 Å². The van der Waals surface area contributed by atoms with Crippen LogP contribution < -0.4 is 0 Å². The zero-order chi connectivity index (χ0) is 74.9. The Balaban J connectivity index is 0.000000607. The van der Waals surface area contributed by atoms with E-state index in [0.717, 1.165) is 80.2 Å². The number of hydrogen-bond donors (Lipinski definition) is 4. The summed E-state index contributed by atoms with van der Waals surface area (Å²) in [6.07, 6.45) is 10.9. The summed E-state index contributed by atoms with van der Waals surface area (Å²) in [7, 11) is 0. The molecule has 1 aliphatic rings. The summed E-state index contributed by atoms with van der Waals surface area (Å²) in [6, 6.07) is 42.9. The maximum atomic E-state index is 13.2. The number of carboxylic acids is 3. The molecule has 105 heavy (non-hydrogen) atoms. The third kappa shape index (κ3) is 34.5. The molecule has 0 unspecified atom stereocenters. The van der Waals surface area contributed by atoms with Gasteiger partial charge in [0.25, 0.3) is 0 Å². The predicted octanol–water partition coefficient (Wildman–Crippen LogP) is 14.4. The fourth-order valence-electron chi connectivity index (χ4n) is 7.14. The zero-order valence-corrected chi connectivity index (χ0v) is 59.4. The number of esters is 3. The van der Waals surface area contributed by atoms with Gasteiger partial charge in [0.05, 0.1) is 17.7 Å². The van der Waals surface area contributed by atoms with Crippen LogP contribution in [-0.2, 0) is 68.7 Å². The van der Waals surface area contributed by atoms with Gasteiger partial charge in [0, 0.05) is 148 Å². The third-order valence-electron chi connectivity index (χ3n) is 12.0. The molecule has 0 aliphatic carbocycles. The van der Waals surface area contributed by atoms with E-state index >= 15 is 0 Å². The third-order valence-corrected chi connectivity index (χ3v) is 12.0. The van der Waals surface area contributed by atoms with Crippen molar-refractivity contribution >= 4 is 35.8 Å². The van der Waals surface area contributed by atoms with E-state index in [-0.39, 0.29) is 124 Å². The summed E-state index contributed by atoms with van der Waals surface area (Å²) in [4.78, 5) is 87.0. The van der Waals surface area contributed by atoms with Crippen molar-refractivity contribution < 1.29 is 143 Å². The van der Waals surface area contributed by atoms with E-state index in [2.05, 4.69) is 72.1 Å². The SMILES string of the molecule is C.C1CCOC1.C=C(C)C(=O)OCCO.C=C(C)C(=O)OCCOC(=O)c1ccc(C(=O)O)nc1.Fc1c[c-]c(-c2ccccn2)c(F)c1.Fc1c[c-]c(-c2ccccn2)c(F)c1.Fc1c[c-]c(-c2ccccn2)c(F)c1.Fc1c[c-]c(-c2ccccn2)c(F)c1.O=C(O)c1ccc(C(=O)O)nc1.[Ir].[Ir]. The van der Waals surface area contributed by atoms with Crippen LogP contribution in [0.25, 0.3) is 45.0 Å². The molecular weight excluding hydrogens is 1750 g/mol. The molecule has 0 amide bonds. The quantitative estimate of drug-likeness (QED) is 0.0185. The number of aliphatic hydroxyl groups is 1. The molecule has 4 aromatic carbocycles. The second-order valence-electron chi connectivity index (χ2n) is 19.8. The number of aromatic nitrogens is 6. The van der Waals surface area contributed by atoms with Crippen LogP contribution in [0.5, 0.6) is 0 Å². The van der Waals surface area contributed by atoms with E-state index in [1.54, 1.807) is 105 Å². The number of rotatable bonds is 15. The minimum Gasteiger partial charge on any atom is -0.478 e. The second-order valence-corrected chi connectivity index (χ2v) is 19.8. The Morgan fingerprint density at radius 3 is 0.971 bits per heavy atom. The van der Waals surface area contributed by atoms with Crippen LogP contribution in [-0.4, -0.2) is 126 Å². The minimum atomic E-state index is -1.18. The van der Waals surface area contributed by atoms with Gasteiger partial charge < -0.3 is 59.3 Å². The molecule has 11 rings (SSSR count). The summed E-state index contributed by atoms with van der Waals surface area (Å²) in [6.45, 7) is 11.5. The van der Waals surface area contributed by atoms with E-state index in [1.165, 1.54) is 38.0 Å². The number of halogens is 8. The molecule has 1 fully saturated rings. The Morgan fingerprint density at radius 1 is 0.438 bits per heavy atom. The van der Waals surface area contributed by atoms with E-state index in [1.807, 2.05) is 0 Å². The van der Waals surface area contributed by atoms with Crippen LogP contribution in [0, 0.1) is 70.8 Å². The maximum Gasteiger partial charge on any atom is 0.354 e. The number of carbonyl (C=O) groups is 6. The molecule has 30 heteroatoms. The second kappa shape index (κ2) is 50.2. The molecule has 4 N–H and O–H groups in total. The standard InChI is InChI=1S/C13H13NO6.4C11H6F2N.C7H5NO4.C6H10O3.C4H8O.CH4.2Ir/c1-8(2)12(17)19-5-6-20-13(18)9-3-4-10(11(15)16)14-7-9;4*12-8-4-5-9(10(13)7-8)11-3-1-2-6-14-11;9-6(10)4-1-2-5(7(11)12)8-3-4;1-5(2)6(8)9-4-3-7;1-2-4-5-3-1;;;/h3-4,7H,1,5-6H2,2H3,(H,15,16);4*1-4,6-7H;1-3H,(H,9,10)(H,11,12);7H,1,3-4H2,2H3;1-4H2;1H4;;/q;4*-1;;;;;;. The van der Waals surface area contributed by atoms with Gasteiger partial charge in [-0.1, -0.05) is 116 Å². The molecule has 1 saturated heterocycles. The van der Waals surface area contributed by atoms with Crippen molar-refractivity contribution in [2.75, 3.05) is 39.6 Å². The van der Waals surface area contributed by atoms with Crippen molar-refractivity contribution in [2.24, 2.45) is 0 Å². The largest absolute Gasteiger partial charge is 0.478 e. The van der Waals surface area contributed by atoms with Gasteiger partial charge in [0.2, 0.25) is 0 Å². The molecule has 2 radical (unpaired) electrons. The minimum absolute atomic E-state index is 0. The van der Waals surface area contributed by atoms with Gasteiger partial charge in [-0.25, -0.2) is 38.7 Å². The molecule has 0 spiro atoms. The number of carbonyl (C=O) groups excluding carboxylic acids is 3. The number of carboxylic acid groups (broad SMARTS) is 3. The molecule has 0 atom stereocenters. The number of benzene rings is 4. The fraction of sp³-hybridized carbons (Fsp3) is 0.147. The Morgan fingerprint density at radius 2 is 0.743 bits per heavy atom. The van der Waals surface area contributed by atoms with Crippen LogP contribution in [0.4, 0.5) is 35.1 Å². The zero-order valence-electron chi connectivity index (χ0n) is 54.6. The average molecular weight is 1810 g/mol. The Bertz CT molecular complexity index is 3970. The van der Waals surface area contributed by atoms with Gasteiger partial charge >= 0.3 is 35.8 Å². The first-order chi connectivity index (χ1) is 48.8. The molecule has 10 aromatic rings. The normalized spacial score (nSPS) is 10.2. The van der Waals surface area contributed by atoms with Gasteiger partial charge in [0.1, 0.15) is 31.2 Å². The van der Waals surface area contributed by atoms with Crippen molar-refractivity contribution in [1.82, 2.24) is 29.9 Å². The topological polar surface area (TPSA) is 298 Å². The van der Waals surface area contributed by atoms with Gasteiger partial charge in [0.15, 0.2) is 0 Å². The summed E-state index contributed by atoms with van der Waals surface area (Å²) < 4.78 is 122. The van der Waals surface area contributed by atoms with Crippen LogP contribution >= 0.6 is 0 Å². The van der Waals surface area contributed by atoms with Gasteiger partial charge in [-0.15, -0.1) is 48.5 Å².